The summed E-state index contributed by atoms with van der Waals surface area (Å²) in [5.41, 5.74) is 28.0. The average Bonchev–Trinajstić information content (AvgIpc) is 3.88. The van der Waals surface area contributed by atoms with Gasteiger partial charge in [0.2, 0.25) is 0 Å². The number of aromatic amines is 1. The first-order valence-corrected chi connectivity index (χ1v) is 20.0. The minimum absolute atomic E-state index is 0.130. The van der Waals surface area contributed by atoms with Crippen LogP contribution in [-0.4, -0.2) is 52.6 Å². The number of aliphatic imine (C=N–C) groups is 1. The molecule has 0 aliphatic carbocycles. The fourth-order valence-corrected chi connectivity index (χ4v) is 7.20. The number of aliphatic carboxylic acids is 1. The van der Waals surface area contributed by atoms with Crippen LogP contribution in [0.4, 0.5) is 11.6 Å². The highest BCUT2D eigenvalue weighted by molar-refractivity contribution is 6.31. The molecule has 14 nitrogen and oxygen atoms in total. The highest BCUT2D eigenvalue weighted by Gasteiger charge is 2.15. The Kier molecular flexibility index (Phi) is 14.0. The monoisotopic (exact) mass is 857 g/mol. The number of carboxylic acids is 1. The lowest BCUT2D eigenvalue weighted by Crippen LogP contribution is -2.24. The molecule has 6 heterocycles. The van der Waals surface area contributed by atoms with Crippen LogP contribution < -0.4 is 22.5 Å². The normalized spacial score (nSPS) is 11.9. The fourth-order valence-electron chi connectivity index (χ4n) is 6.86. The summed E-state index contributed by atoms with van der Waals surface area (Å²) >= 11 is 12.0. The Bertz CT molecular complexity index is 2790. The van der Waals surface area contributed by atoms with Crippen molar-refractivity contribution >= 4 is 74.2 Å². The van der Waals surface area contributed by atoms with Crippen molar-refractivity contribution < 1.29 is 14.7 Å². The molecule has 1 aliphatic rings. The molecule has 7 aromatic rings. The van der Waals surface area contributed by atoms with Crippen molar-refractivity contribution in [3.63, 3.8) is 0 Å². The standard InChI is InChI=1S/C22H21ClN6O.C15H11ClN2O2.C8H13N3/c1-12-5-20(24)28-13(2)17(12)10-27-22(30)19-11-26-21(29-19)7-14-3-4-18-15(6-14)8-16(23)9-25-18;16-11-7-10-5-9(1-3-13(10)17-8-11)6-12-2-4-14(18-12)15(19)20;1-5-3-8(10)11-6(2)7(5)4-9/h3-6,8-9,11H,7,10H2,1-2H3,(H2,24,28)(H,26,29)(H,27,30);1,3-5,7-8H,2,6H2,(H,19,20);3H,4,9H2,1-2H3,(H2,10,11). The molecule has 0 radical (unpaired) electrons. The molecule has 0 unspecified atom stereocenters. The molecule has 1 aliphatic heterocycles. The molecule has 0 saturated heterocycles. The van der Waals surface area contributed by atoms with Crippen LogP contribution in [0.1, 0.15) is 67.5 Å². The number of carboxylic acid groups (broad SMARTS) is 1. The van der Waals surface area contributed by atoms with Crippen molar-refractivity contribution in [3.8, 4) is 0 Å². The Morgan fingerprint density at radius 2 is 1.31 bits per heavy atom. The fraction of sp³-hybridized carbons (Fsp3) is 0.200. The molecular formula is C45H45Cl2N11O3. The van der Waals surface area contributed by atoms with E-state index in [9.17, 15) is 9.59 Å². The molecule has 0 bridgehead atoms. The Balaban J connectivity index is 0.000000172. The Morgan fingerprint density at radius 1 is 0.754 bits per heavy atom. The zero-order valence-corrected chi connectivity index (χ0v) is 35.6. The van der Waals surface area contributed by atoms with E-state index in [1.54, 1.807) is 30.7 Å². The second-order valence-corrected chi connectivity index (χ2v) is 15.4. The Morgan fingerprint density at radius 3 is 1.84 bits per heavy atom. The van der Waals surface area contributed by atoms with Gasteiger partial charge in [-0.2, -0.15) is 0 Å². The highest BCUT2D eigenvalue weighted by atomic mass is 35.5. The molecule has 8 rings (SSSR count). The lowest BCUT2D eigenvalue weighted by molar-refractivity contribution is -0.132. The Hall–Kier alpha value is -6.74. The number of imidazole rings is 1. The van der Waals surface area contributed by atoms with Gasteiger partial charge in [-0.3, -0.25) is 14.8 Å². The zero-order valence-electron chi connectivity index (χ0n) is 34.1. The molecule has 61 heavy (non-hydrogen) atoms. The van der Waals surface area contributed by atoms with Crippen LogP contribution in [0.5, 0.6) is 0 Å². The SMILES string of the molecule is Cc1cc(N)nc(C)c1CN.Cc1cc(N)nc(C)c1CNC(=O)c1cnc(Cc2ccc3ncc(Cl)cc3c2)[nH]1.O=C(O)C1=CCC(Cc2ccc3ncc(Cl)cc3c2)=N1. The van der Waals surface area contributed by atoms with Gasteiger partial charge in [-0.15, -0.1) is 0 Å². The van der Waals surface area contributed by atoms with Crippen LogP contribution in [-0.2, 0) is 30.7 Å². The number of hydrogen-bond donors (Lipinski definition) is 6. The van der Waals surface area contributed by atoms with E-state index in [0.717, 1.165) is 72.3 Å². The number of fused-ring (bicyclic) bond motifs is 2. The summed E-state index contributed by atoms with van der Waals surface area (Å²) in [4.78, 5) is 51.8. The predicted molar refractivity (Wildman–Crippen MR) is 242 cm³/mol. The summed E-state index contributed by atoms with van der Waals surface area (Å²) in [6.45, 7) is 8.65. The number of amides is 1. The maximum atomic E-state index is 12.5. The van der Waals surface area contributed by atoms with Crippen LogP contribution in [0.15, 0.2) is 96.0 Å². The summed E-state index contributed by atoms with van der Waals surface area (Å²) in [5, 5.41) is 14.9. The van der Waals surface area contributed by atoms with Gasteiger partial charge >= 0.3 is 5.97 Å². The number of allylic oxidation sites excluding steroid dienone is 1. The third-order valence-corrected chi connectivity index (χ3v) is 10.3. The van der Waals surface area contributed by atoms with E-state index in [0.29, 0.717) is 65.6 Å². The third-order valence-electron chi connectivity index (χ3n) is 9.88. The number of anilines is 2. The van der Waals surface area contributed by atoms with Gasteiger partial charge < -0.3 is 32.6 Å². The zero-order chi connectivity index (χ0) is 43.8. The van der Waals surface area contributed by atoms with E-state index in [2.05, 4.69) is 40.2 Å². The number of hydrogen-bond acceptors (Lipinski definition) is 11. The van der Waals surface area contributed by atoms with E-state index in [1.165, 1.54) is 0 Å². The maximum absolute atomic E-state index is 12.5. The minimum Gasteiger partial charge on any atom is -0.477 e. The molecule has 0 spiro atoms. The molecule has 5 aromatic heterocycles. The van der Waals surface area contributed by atoms with Crippen molar-refractivity contribution in [1.82, 2.24) is 35.2 Å². The van der Waals surface area contributed by atoms with Gasteiger partial charge in [-0.05, 0) is 116 Å². The molecular weight excluding hydrogens is 813 g/mol. The second-order valence-electron chi connectivity index (χ2n) is 14.5. The molecule has 9 N–H and O–H groups in total. The van der Waals surface area contributed by atoms with Gasteiger partial charge in [-0.25, -0.2) is 24.7 Å². The molecule has 0 saturated carbocycles. The van der Waals surface area contributed by atoms with Crippen molar-refractivity contribution in [2.24, 2.45) is 10.7 Å². The molecule has 1 amide bonds. The summed E-state index contributed by atoms with van der Waals surface area (Å²) in [7, 11) is 0. The number of H-pyrrole nitrogens is 1. The van der Waals surface area contributed by atoms with Crippen molar-refractivity contribution in [3.05, 3.63) is 157 Å². The van der Waals surface area contributed by atoms with E-state index in [4.69, 9.17) is 45.5 Å². The molecule has 2 aromatic carbocycles. The number of rotatable bonds is 9. The predicted octanol–water partition coefficient (Wildman–Crippen LogP) is 7.71. The van der Waals surface area contributed by atoms with Crippen LogP contribution in [0.2, 0.25) is 10.0 Å². The summed E-state index contributed by atoms with van der Waals surface area (Å²) < 4.78 is 0. The second kappa shape index (κ2) is 19.5. The highest BCUT2D eigenvalue weighted by Crippen LogP contribution is 2.22. The smallest absolute Gasteiger partial charge is 0.354 e. The lowest BCUT2D eigenvalue weighted by Gasteiger charge is -2.11. The number of nitrogen functional groups attached to an aromatic ring is 2. The van der Waals surface area contributed by atoms with Crippen LogP contribution >= 0.6 is 23.2 Å². The van der Waals surface area contributed by atoms with Gasteiger partial charge in [0, 0.05) is 72.6 Å². The number of carbonyl (C=O) groups is 2. The summed E-state index contributed by atoms with van der Waals surface area (Å²) in [5.74, 6) is 0.548. The van der Waals surface area contributed by atoms with Gasteiger partial charge in [0.15, 0.2) is 0 Å². The number of aryl methyl sites for hydroxylation is 4. The topological polar surface area (TPSA) is 237 Å². The number of halogens is 2. The number of carbonyl (C=O) groups excluding carboxylic acids is 1. The molecule has 0 atom stereocenters. The van der Waals surface area contributed by atoms with Gasteiger partial charge in [0.1, 0.15) is 28.9 Å². The number of nitrogens with two attached hydrogens (primary N) is 3. The third kappa shape index (κ3) is 11.5. The first-order valence-electron chi connectivity index (χ1n) is 19.2. The van der Waals surface area contributed by atoms with E-state index < -0.39 is 5.97 Å². The first kappa shape index (κ1) is 43.8. The summed E-state index contributed by atoms with van der Waals surface area (Å²) in [6, 6.07) is 19.3. The van der Waals surface area contributed by atoms with Crippen molar-refractivity contribution in [2.45, 2.75) is 60.0 Å². The largest absolute Gasteiger partial charge is 0.477 e. The molecule has 312 valence electrons. The van der Waals surface area contributed by atoms with Crippen molar-refractivity contribution in [2.75, 3.05) is 11.5 Å². The average molecular weight is 859 g/mol. The van der Waals surface area contributed by atoms with Gasteiger partial charge in [0.05, 0.1) is 27.3 Å². The number of benzene rings is 2. The molecule has 16 heteroatoms. The number of aromatic nitrogens is 6. The van der Waals surface area contributed by atoms with E-state index in [-0.39, 0.29) is 11.6 Å². The van der Waals surface area contributed by atoms with E-state index >= 15 is 0 Å². The number of nitrogens with zero attached hydrogens (tertiary/aromatic N) is 6. The van der Waals surface area contributed by atoms with Crippen LogP contribution in [0.3, 0.4) is 0 Å². The van der Waals surface area contributed by atoms with Crippen LogP contribution in [0.25, 0.3) is 21.8 Å². The minimum atomic E-state index is -0.977. The van der Waals surface area contributed by atoms with E-state index in [1.807, 2.05) is 82.3 Å². The van der Waals surface area contributed by atoms with Crippen molar-refractivity contribution in [1.29, 1.82) is 0 Å². The maximum Gasteiger partial charge on any atom is 0.354 e. The lowest BCUT2D eigenvalue weighted by atomic mass is 10.0. The number of nitrogens with one attached hydrogen (secondary N) is 2. The number of pyridine rings is 4. The first-order chi connectivity index (χ1) is 29.1. The van der Waals surface area contributed by atoms with Gasteiger partial charge in [-0.1, -0.05) is 35.3 Å². The van der Waals surface area contributed by atoms with Gasteiger partial charge in [0.25, 0.3) is 5.91 Å². The van der Waals surface area contributed by atoms with Crippen LogP contribution in [0, 0.1) is 27.7 Å². The quantitative estimate of drug-likeness (QED) is 0.0822. The Labute approximate surface area is 362 Å². The summed E-state index contributed by atoms with van der Waals surface area (Å²) in [6.07, 6.45) is 8.22. The molecule has 0 fully saturated rings.